The average molecular weight is 551 g/mol. The molecule has 0 atom stereocenters. The number of anilines is 1. The molecule has 1 aliphatic rings. The number of aromatic nitrogens is 1. The lowest BCUT2D eigenvalue weighted by atomic mass is 10.3. The molecule has 1 saturated heterocycles. The van der Waals surface area contributed by atoms with Crippen molar-refractivity contribution in [3.63, 3.8) is 0 Å². The Hall–Kier alpha value is -1.50. The van der Waals surface area contributed by atoms with Crippen LogP contribution >= 0.6 is 39.7 Å². The Kier molecular flexibility index (Phi) is 7.76. The van der Waals surface area contributed by atoms with Gasteiger partial charge in [0.2, 0.25) is 0 Å². The molecule has 1 fully saturated rings. The number of morpholine rings is 1. The van der Waals surface area contributed by atoms with Gasteiger partial charge in [0.15, 0.2) is 25.4 Å². The number of rotatable bonds is 6. The molecule has 0 aliphatic carbocycles. The number of para-hydroxylation sites is 1. The number of thiazole rings is 1. The molecule has 0 saturated carbocycles. The van der Waals surface area contributed by atoms with E-state index < -0.39 is 9.84 Å². The predicted molar refractivity (Wildman–Crippen MR) is 125 cm³/mol. The lowest BCUT2D eigenvalue weighted by molar-refractivity contribution is 0.0390. The van der Waals surface area contributed by atoms with Crippen LogP contribution < -0.4 is 4.90 Å². The van der Waals surface area contributed by atoms with Crippen LogP contribution in [-0.4, -0.2) is 69.9 Å². The molecular formula is C19H21BrClN3O5S2. The Morgan fingerprint density at radius 3 is 2.65 bits per heavy atom. The molecule has 0 spiro atoms. The molecule has 168 valence electrons. The van der Waals surface area contributed by atoms with Crippen molar-refractivity contribution in [2.45, 2.75) is 4.90 Å². The number of amides is 1. The lowest BCUT2D eigenvalue weighted by Crippen LogP contribution is -2.43. The standard InChI is InChI=1S/C19H20BrN3O5S2.ClH/c1-30(25,26)15-4-2-3-14-17(15)21-19(29-14)23(8-7-22-9-11-27-12-10-22)18(24)13-5-6-16(20)28-13;/h2-6H,7-12H2,1H3;1H. The number of hydrogen-bond acceptors (Lipinski definition) is 8. The van der Waals surface area contributed by atoms with Crippen LogP contribution in [0.25, 0.3) is 10.2 Å². The van der Waals surface area contributed by atoms with E-state index in [1.807, 2.05) is 0 Å². The van der Waals surface area contributed by atoms with E-state index in [4.69, 9.17) is 9.15 Å². The van der Waals surface area contributed by atoms with Gasteiger partial charge in [-0.2, -0.15) is 0 Å². The lowest BCUT2D eigenvalue weighted by Gasteiger charge is -2.28. The third kappa shape index (κ3) is 5.47. The predicted octanol–water partition coefficient (Wildman–Crippen LogP) is 3.46. The van der Waals surface area contributed by atoms with Gasteiger partial charge in [0.25, 0.3) is 5.91 Å². The fourth-order valence-corrected chi connectivity index (χ4v) is 5.46. The van der Waals surface area contributed by atoms with E-state index in [9.17, 15) is 13.2 Å². The van der Waals surface area contributed by atoms with Crippen molar-refractivity contribution in [1.29, 1.82) is 0 Å². The zero-order chi connectivity index (χ0) is 21.3. The minimum atomic E-state index is -3.45. The molecule has 1 aliphatic heterocycles. The van der Waals surface area contributed by atoms with Gasteiger partial charge in [0.05, 0.1) is 22.8 Å². The average Bonchev–Trinajstić information content (AvgIpc) is 3.34. The Morgan fingerprint density at radius 2 is 2.00 bits per heavy atom. The van der Waals surface area contributed by atoms with Crippen molar-refractivity contribution in [2.75, 3.05) is 50.5 Å². The maximum atomic E-state index is 13.2. The zero-order valence-electron chi connectivity index (χ0n) is 16.6. The highest BCUT2D eigenvalue weighted by atomic mass is 79.9. The van der Waals surface area contributed by atoms with Gasteiger partial charge in [-0.1, -0.05) is 17.4 Å². The van der Waals surface area contributed by atoms with E-state index in [0.717, 1.165) is 19.3 Å². The molecule has 0 bridgehead atoms. The number of furan rings is 1. The molecular weight excluding hydrogens is 530 g/mol. The fraction of sp³-hybridized carbons (Fsp3) is 0.368. The first-order chi connectivity index (χ1) is 14.3. The molecule has 31 heavy (non-hydrogen) atoms. The summed E-state index contributed by atoms with van der Waals surface area (Å²) in [5.74, 6) is -0.139. The third-order valence-electron chi connectivity index (χ3n) is 4.77. The number of carbonyl (C=O) groups excluding carboxylic acids is 1. The third-order valence-corrected chi connectivity index (χ3v) is 7.37. The quantitative estimate of drug-likeness (QED) is 0.464. The Morgan fingerprint density at radius 1 is 1.26 bits per heavy atom. The number of hydrogen-bond donors (Lipinski definition) is 0. The van der Waals surface area contributed by atoms with Crippen LogP contribution in [0.4, 0.5) is 5.13 Å². The summed E-state index contributed by atoms with van der Waals surface area (Å²) in [4.78, 5) is 21.7. The molecule has 2 aromatic heterocycles. The molecule has 3 aromatic rings. The van der Waals surface area contributed by atoms with Gasteiger partial charge in [-0.05, 0) is 40.2 Å². The van der Waals surface area contributed by atoms with E-state index in [-0.39, 0.29) is 29.0 Å². The first-order valence-corrected chi connectivity index (χ1v) is 12.8. The highest BCUT2D eigenvalue weighted by Crippen LogP contribution is 2.33. The maximum absolute atomic E-state index is 13.2. The van der Waals surface area contributed by atoms with Crippen LogP contribution in [0.3, 0.4) is 0 Å². The van der Waals surface area contributed by atoms with Crippen molar-refractivity contribution < 1.29 is 22.4 Å². The van der Waals surface area contributed by atoms with E-state index in [1.54, 1.807) is 29.2 Å². The van der Waals surface area contributed by atoms with Crippen molar-refractivity contribution >= 4 is 70.8 Å². The van der Waals surface area contributed by atoms with Gasteiger partial charge >= 0.3 is 0 Å². The second-order valence-corrected chi connectivity index (χ2v) is 10.7. The summed E-state index contributed by atoms with van der Waals surface area (Å²) in [5, 5.41) is 0.437. The summed E-state index contributed by atoms with van der Waals surface area (Å²) in [6.45, 7) is 3.96. The minimum Gasteiger partial charge on any atom is -0.444 e. The molecule has 0 radical (unpaired) electrons. The monoisotopic (exact) mass is 549 g/mol. The number of sulfone groups is 1. The van der Waals surface area contributed by atoms with Gasteiger partial charge in [0, 0.05) is 32.4 Å². The second kappa shape index (κ2) is 9.97. The van der Waals surface area contributed by atoms with Crippen LogP contribution in [-0.2, 0) is 14.6 Å². The van der Waals surface area contributed by atoms with Crippen LogP contribution in [0.2, 0.25) is 0 Å². The van der Waals surface area contributed by atoms with Crippen molar-refractivity contribution in [3.8, 4) is 0 Å². The van der Waals surface area contributed by atoms with Crippen molar-refractivity contribution in [1.82, 2.24) is 9.88 Å². The summed E-state index contributed by atoms with van der Waals surface area (Å²) in [6, 6.07) is 8.28. The van der Waals surface area contributed by atoms with Crippen molar-refractivity contribution in [3.05, 3.63) is 40.8 Å². The largest absolute Gasteiger partial charge is 0.444 e. The first kappa shape index (κ1) is 24.1. The molecule has 0 unspecified atom stereocenters. The summed E-state index contributed by atoms with van der Waals surface area (Å²) in [6.07, 6.45) is 1.16. The molecule has 3 heterocycles. The van der Waals surface area contributed by atoms with E-state index >= 15 is 0 Å². The summed E-state index contributed by atoms with van der Waals surface area (Å²) < 4.78 is 36.3. The van der Waals surface area contributed by atoms with Crippen LogP contribution in [0, 0.1) is 0 Å². The summed E-state index contributed by atoms with van der Waals surface area (Å²) in [7, 11) is -3.45. The van der Waals surface area contributed by atoms with Gasteiger partial charge in [-0.3, -0.25) is 14.6 Å². The van der Waals surface area contributed by atoms with E-state index in [1.165, 1.54) is 17.4 Å². The second-order valence-electron chi connectivity index (χ2n) is 6.89. The zero-order valence-corrected chi connectivity index (χ0v) is 20.7. The molecule has 1 amide bonds. The number of nitrogens with zero attached hydrogens (tertiary/aromatic N) is 3. The summed E-state index contributed by atoms with van der Waals surface area (Å²) >= 11 is 4.51. The van der Waals surface area contributed by atoms with Crippen LogP contribution in [0.15, 0.2) is 44.3 Å². The van der Waals surface area contributed by atoms with E-state index in [0.29, 0.717) is 46.3 Å². The normalized spacial score (nSPS) is 15.0. The molecule has 8 nitrogen and oxygen atoms in total. The SMILES string of the molecule is CS(=O)(=O)c1cccc2sc(N(CCN3CCOCC3)C(=O)c3ccc(Br)o3)nc12.Cl. The fourth-order valence-electron chi connectivity index (χ4n) is 3.24. The van der Waals surface area contributed by atoms with Crippen molar-refractivity contribution in [2.24, 2.45) is 0 Å². The van der Waals surface area contributed by atoms with E-state index in [2.05, 4.69) is 25.8 Å². The molecule has 0 N–H and O–H groups in total. The molecule has 1 aromatic carbocycles. The number of benzene rings is 1. The minimum absolute atomic E-state index is 0. The Bertz CT molecular complexity index is 1170. The van der Waals surface area contributed by atoms with Gasteiger partial charge in [-0.15, -0.1) is 12.4 Å². The first-order valence-electron chi connectivity index (χ1n) is 9.30. The number of fused-ring (bicyclic) bond motifs is 1. The highest BCUT2D eigenvalue weighted by molar-refractivity contribution is 9.10. The van der Waals surface area contributed by atoms with Gasteiger partial charge < -0.3 is 9.15 Å². The number of halogens is 2. The maximum Gasteiger partial charge on any atom is 0.295 e. The Balaban J connectivity index is 0.00000272. The molecule has 4 rings (SSSR count). The van der Waals surface area contributed by atoms with Gasteiger partial charge in [0.1, 0.15) is 5.52 Å². The Labute approximate surface area is 198 Å². The van der Waals surface area contributed by atoms with Gasteiger partial charge in [-0.25, -0.2) is 13.4 Å². The smallest absolute Gasteiger partial charge is 0.295 e. The molecule has 12 heteroatoms. The highest BCUT2D eigenvalue weighted by Gasteiger charge is 2.26. The number of ether oxygens (including phenoxy) is 1. The topological polar surface area (TPSA) is 93.0 Å². The van der Waals surface area contributed by atoms with Crippen LogP contribution in [0.1, 0.15) is 10.6 Å². The van der Waals surface area contributed by atoms with Crippen LogP contribution in [0.5, 0.6) is 0 Å². The summed E-state index contributed by atoms with van der Waals surface area (Å²) in [5.41, 5.74) is 0.379. The number of carbonyl (C=O) groups is 1.